The van der Waals surface area contributed by atoms with E-state index in [1.54, 1.807) is 30.2 Å². The zero-order valence-electron chi connectivity index (χ0n) is 16.2. The minimum absolute atomic E-state index is 0.557. The van der Waals surface area contributed by atoms with Gasteiger partial charge in [-0.1, -0.05) is 36.3 Å². The molecule has 0 spiro atoms. The SMILES string of the molecule is CCCCn1c(SCc2noc(-c3cccs3)n2)nnc1-c1ccc(OC)cc1. The van der Waals surface area contributed by atoms with Crippen LogP contribution in [0.4, 0.5) is 0 Å². The first kappa shape index (κ1) is 19.7. The summed E-state index contributed by atoms with van der Waals surface area (Å²) in [6.45, 7) is 3.04. The molecule has 7 nitrogen and oxygen atoms in total. The van der Waals surface area contributed by atoms with Crippen LogP contribution in [-0.4, -0.2) is 32.0 Å². The second-order valence-electron chi connectivity index (χ2n) is 6.32. The number of unbranched alkanes of at least 4 members (excludes halogenated alkanes) is 1. The predicted molar refractivity (Wildman–Crippen MR) is 114 cm³/mol. The second kappa shape index (κ2) is 9.23. The highest BCUT2D eigenvalue weighted by atomic mass is 32.2. The number of aromatic nitrogens is 5. The standard InChI is InChI=1S/C20H21N5O2S2/c1-3-4-11-25-18(14-7-9-15(26-2)10-8-14)22-23-20(25)29-13-17-21-19(27-24-17)16-6-5-12-28-16/h5-10,12H,3-4,11,13H2,1-2H3. The van der Waals surface area contributed by atoms with Gasteiger partial charge < -0.3 is 13.8 Å². The maximum absolute atomic E-state index is 5.37. The molecule has 0 amide bonds. The number of hydrogen-bond acceptors (Lipinski definition) is 8. The highest BCUT2D eigenvalue weighted by molar-refractivity contribution is 7.98. The third kappa shape index (κ3) is 4.51. The van der Waals surface area contributed by atoms with Gasteiger partial charge in [-0.05, 0) is 42.1 Å². The van der Waals surface area contributed by atoms with E-state index in [-0.39, 0.29) is 0 Å². The van der Waals surface area contributed by atoms with Crippen molar-refractivity contribution in [2.75, 3.05) is 7.11 Å². The van der Waals surface area contributed by atoms with Crippen LogP contribution in [0.3, 0.4) is 0 Å². The number of rotatable bonds is 9. The lowest BCUT2D eigenvalue weighted by Gasteiger charge is -2.09. The number of thioether (sulfide) groups is 1. The van der Waals surface area contributed by atoms with Crippen molar-refractivity contribution in [1.29, 1.82) is 0 Å². The maximum atomic E-state index is 5.37. The van der Waals surface area contributed by atoms with Crippen LogP contribution < -0.4 is 4.74 Å². The van der Waals surface area contributed by atoms with Crippen molar-refractivity contribution in [3.05, 3.63) is 47.6 Å². The molecule has 4 rings (SSSR count). The largest absolute Gasteiger partial charge is 0.497 e. The Morgan fingerprint density at radius 3 is 2.76 bits per heavy atom. The molecule has 1 aromatic carbocycles. The molecule has 0 aliphatic carbocycles. The summed E-state index contributed by atoms with van der Waals surface area (Å²) in [5, 5.41) is 15.8. The number of ether oxygens (including phenoxy) is 1. The molecule has 3 heterocycles. The normalized spacial score (nSPS) is 11.1. The summed E-state index contributed by atoms with van der Waals surface area (Å²) in [4.78, 5) is 5.46. The smallest absolute Gasteiger partial charge is 0.268 e. The lowest BCUT2D eigenvalue weighted by molar-refractivity contribution is 0.415. The molecule has 0 aliphatic heterocycles. The number of methoxy groups -OCH3 is 1. The Hall–Kier alpha value is -2.65. The Balaban J connectivity index is 1.52. The highest BCUT2D eigenvalue weighted by Gasteiger charge is 2.16. The zero-order valence-corrected chi connectivity index (χ0v) is 17.9. The van der Waals surface area contributed by atoms with E-state index in [1.165, 1.54) is 0 Å². The van der Waals surface area contributed by atoms with Gasteiger partial charge in [0.2, 0.25) is 0 Å². The van der Waals surface area contributed by atoms with E-state index in [0.29, 0.717) is 17.5 Å². The van der Waals surface area contributed by atoms with E-state index in [1.807, 2.05) is 41.8 Å². The van der Waals surface area contributed by atoms with Gasteiger partial charge in [-0.2, -0.15) is 4.98 Å². The molecule has 0 fully saturated rings. The summed E-state index contributed by atoms with van der Waals surface area (Å²) >= 11 is 3.15. The first-order valence-electron chi connectivity index (χ1n) is 9.35. The number of benzene rings is 1. The van der Waals surface area contributed by atoms with E-state index in [4.69, 9.17) is 9.26 Å². The topological polar surface area (TPSA) is 78.9 Å². The fourth-order valence-electron chi connectivity index (χ4n) is 2.81. The van der Waals surface area contributed by atoms with Gasteiger partial charge in [0, 0.05) is 12.1 Å². The summed E-state index contributed by atoms with van der Waals surface area (Å²) in [6.07, 6.45) is 2.15. The molecular formula is C20H21N5O2S2. The van der Waals surface area contributed by atoms with Crippen LogP contribution in [0.2, 0.25) is 0 Å². The molecular weight excluding hydrogens is 406 g/mol. The molecule has 3 aromatic heterocycles. The first-order chi connectivity index (χ1) is 14.3. The summed E-state index contributed by atoms with van der Waals surface area (Å²) in [7, 11) is 1.66. The number of nitrogens with zero attached hydrogens (tertiary/aromatic N) is 5. The van der Waals surface area contributed by atoms with E-state index < -0.39 is 0 Å². The van der Waals surface area contributed by atoms with Crippen molar-refractivity contribution in [2.24, 2.45) is 0 Å². The van der Waals surface area contributed by atoms with E-state index >= 15 is 0 Å². The molecule has 4 aromatic rings. The molecule has 0 saturated heterocycles. The van der Waals surface area contributed by atoms with Gasteiger partial charge in [0.1, 0.15) is 5.75 Å². The van der Waals surface area contributed by atoms with Gasteiger partial charge in [0.15, 0.2) is 16.8 Å². The Kier molecular flexibility index (Phi) is 6.26. The fraction of sp³-hybridized carbons (Fsp3) is 0.300. The Bertz CT molecular complexity index is 1040. The summed E-state index contributed by atoms with van der Waals surface area (Å²) in [6, 6.07) is 11.8. The third-order valence-corrected chi connectivity index (χ3v) is 6.15. The molecule has 29 heavy (non-hydrogen) atoms. The molecule has 0 radical (unpaired) electrons. The van der Waals surface area contributed by atoms with Gasteiger partial charge in [-0.3, -0.25) is 0 Å². The fourth-order valence-corrected chi connectivity index (χ4v) is 4.26. The second-order valence-corrected chi connectivity index (χ2v) is 8.21. The van der Waals surface area contributed by atoms with Crippen molar-refractivity contribution in [3.8, 4) is 27.9 Å². The minimum Gasteiger partial charge on any atom is -0.497 e. The number of thiophene rings is 1. The first-order valence-corrected chi connectivity index (χ1v) is 11.2. The van der Waals surface area contributed by atoms with Gasteiger partial charge in [0.05, 0.1) is 17.7 Å². The lowest BCUT2D eigenvalue weighted by atomic mass is 10.2. The van der Waals surface area contributed by atoms with Crippen LogP contribution in [-0.2, 0) is 12.3 Å². The van der Waals surface area contributed by atoms with Gasteiger partial charge in [-0.25, -0.2) is 0 Å². The van der Waals surface area contributed by atoms with Gasteiger partial charge in [0.25, 0.3) is 5.89 Å². The number of hydrogen-bond donors (Lipinski definition) is 0. The van der Waals surface area contributed by atoms with Crippen LogP contribution >= 0.6 is 23.1 Å². The van der Waals surface area contributed by atoms with Crippen molar-refractivity contribution in [3.63, 3.8) is 0 Å². The Morgan fingerprint density at radius 1 is 1.17 bits per heavy atom. The molecule has 9 heteroatoms. The van der Waals surface area contributed by atoms with Crippen LogP contribution in [0.25, 0.3) is 22.2 Å². The van der Waals surface area contributed by atoms with E-state index in [0.717, 1.165) is 46.6 Å². The zero-order chi connectivity index (χ0) is 20.1. The van der Waals surface area contributed by atoms with Crippen molar-refractivity contribution in [2.45, 2.75) is 37.2 Å². The molecule has 0 saturated carbocycles. The average Bonchev–Trinajstić information content (AvgIpc) is 3.51. The van der Waals surface area contributed by atoms with E-state index in [9.17, 15) is 0 Å². The van der Waals surface area contributed by atoms with Crippen LogP contribution in [0.5, 0.6) is 5.75 Å². The lowest BCUT2D eigenvalue weighted by Crippen LogP contribution is -2.03. The summed E-state index contributed by atoms with van der Waals surface area (Å²) in [5.41, 5.74) is 1.01. The molecule has 150 valence electrons. The van der Waals surface area contributed by atoms with Crippen LogP contribution in [0, 0.1) is 0 Å². The van der Waals surface area contributed by atoms with E-state index in [2.05, 4.69) is 31.8 Å². The molecule has 0 aliphatic rings. The van der Waals surface area contributed by atoms with Gasteiger partial charge in [-0.15, -0.1) is 21.5 Å². The van der Waals surface area contributed by atoms with Gasteiger partial charge >= 0.3 is 0 Å². The van der Waals surface area contributed by atoms with Crippen molar-refractivity contribution in [1.82, 2.24) is 24.9 Å². The maximum Gasteiger partial charge on any atom is 0.268 e. The molecule has 0 unspecified atom stereocenters. The van der Waals surface area contributed by atoms with Crippen LogP contribution in [0.1, 0.15) is 25.6 Å². The summed E-state index contributed by atoms with van der Waals surface area (Å²) in [5.74, 6) is 3.45. The molecule has 0 N–H and O–H groups in total. The monoisotopic (exact) mass is 427 g/mol. The molecule has 0 atom stereocenters. The Morgan fingerprint density at radius 2 is 2.03 bits per heavy atom. The predicted octanol–water partition coefficient (Wildman–Crippen LogP) is 5.16. The van der Waals surface area contributed by atoms with Crippen molar-refractivity contribution < 1.29 is 9.26 Å². The Labute approximate surface area is 177 Å². The van der Waals surface area contributed by atoms with Crippen molar-refractivity contribution >= 4 is 23.1 Å². The van der Waals surface area contributed by atoms with Crippen LogP contribution in [0.15, 0.2) is 51.5 Å². The average molecular weight is 428 g/mol. The highest BCUT2D eigenvalue weighted by Crippen LogP contribution is 2.28. The molecule has 0 bridgehead atoms. The quantitative estimate of drug-likeness (QED) is 0.341. The third-order valence-electron chi connectivity index (χ3n) is 4.33. The summed E-state index contributed by atoms with van der Waals surface area (Å²) < 4.78 is 12.8. The minimum atomic E-state index is 0.557.